The van der Waals surface area contributed by atoms with Gasteiger partial charge >= 0.3 is 5.97 Å². The van der Waals surface area contributed by atoms with E-state index in [-0.39, 0.29) is 24.0 Å². The van der Waals surface area contributed by atoms with Crippen LogP contribution in [0.4, 0.5) is 0 Å². The summed E-state index contributed by atoms with van der Waals surface area (Å²) in [5, 5.41) is 6.51. The molecule has 31 heavy (non-hydrogen) atoms. The summed E-state index contributed by atoms with van der Waals surface area (Å²) >= 11 is 5.91. The van der Waals surface area contributed by atoms with Gasteiger partial charge in [0.05, 0.1) is 11.4 Å². The molecule has 0 radical (unpaired) electrons. The molecule has 6 nitrogen and oxygen atoms in total. The van der Waals surface area contributed by atoms with Gasteiger partial charge in [-0.15, -0.1) is 11.8 Å². The van der Waals surface area contributed by atoms with Gasteiger partial charge in [-0.2, -0.15) is 12.6 Å². The van der Waals surface area contributed by atoms with E-state index in [1.807, 2.05) is 37.3 Å². The molecule has 1 saturated heterocycles. The van der Waals surface area contributed by atoms with E-state index in [1.54, 1.807) is 11.8 Å². The summed E-state index contributed by atoms with van der Waals surface area (Å²) < 4.78 is 4.30. The molecule has 0 bridgehead atoms. The molecule has 2 rings (SSSR count). The summed E-state index contributed by atoms with van der Waals surface area (Å²) in [6.07, 6.45) is 2.13. The van der Waals surface area contributed by atoms with Crippen LogP contribution in [0.15, 0.2) is 30.3 Å². The Balaban J connectivity index is 2.13. The molecule has 174 valence electrons. The van der Waals surface area contributed by atoms with Crippen LogP contribution in [0.2, 0.25) is 0 Å². The maximum Gasteiger partial charge on any atom is 0.328 e. The molecule has 5 atom stereocenters. The third kappa shape index (κ3) is 8.00. The van der Waals surface area contributed by atoms with E-state index in [9.17, 15) is 9.59 Å². The van der Waals surface area contributed by atoms with Gasteiger partial charge < -0.3 is 21.1 Å². The molecule has 4 N–H and O–H groups in total. The van der Waals surface area contributed by atoms with Crippen molar-refractivity contribution in [3.05, 3.63) is 35.9 Å². The quantitative estimate of drug-likeness (QED) is 0.263. The molecule has 8 heteroatoms. The molecular weight excluding hydrogens is 430 g/mol. The van der Waals surface area contributed by atoms with Crippen LogP contribution < -0.4 is 16.4 Å². The lowest BCUT2D eigenvalue weighted by molar-refractivity contribution is -0.141. The van der Waals surface area contributed by atoms with E-state index in [2.05, 4.69) is 37.1 Å². The molecule has 0 saturated carbocycles. The fourth-order valence-electron chi connectivity index (χ4n) is 3.47. The molecule has 0 spiro atoms. The van der Waals surface area contributed by atoms with E-state index in [0.29, 0.717) is 37.7 Å². The Morgan fingerprint density at radius 3 is 2.68 bits per heavy atom. The van der Waals surface area contributed by atoms with E-state index < -0.39 is 10.8 Å². The number of carbonyl (C=O) groups excluding carboxylic acids is 2. The summed E-state index contributed by atoms with van der Waals surface area (Å²) in [6, 6.07) is 9.66. The number of cyclic esters (lactones) is 1. The number of hydrogen-bond acceptors (Lipinski definition) is 7. The number of benzene rings is 1. The molecule has 1 aromatic carbocycles. The van der Waals surface area contributed by atoms with Gasteiger partial charge in [0.15, 0.2) is 0 Å². The molecular formula is C23H37N3O3S2. The van der Waals surface area contributed by atoms with Crippen molar-refractivity contribution in [1.82, 2.24) is 10.6 Å². The van der Waals surface area contributed by atoms with Crippen molar-refractivity contribution >= 4 is 36.3 Å². The number of amides is 1. The Labute approximate surface area is 196 Å². The molecule has 1 aromatic rings. The van der Waals surface area contributed by atoms with Gasteiger partial charge in [0, 0.05) is 36.6 Å². The molecule has 1 amide bonds. The molecule has 1 aliphatic heterocycles. The first-order valence-corrected chi connectivity index (χ1v) is 12.7. The Kier molecular flexibility index (Phi) is 10.7. The van der Waals surface area contributed by atoms with Gasteiger partial charge in [-0.25, -0.2) is 4.79 Å². The minimum absolute atomic E-state index is 0.00716. The van der Waals surface area contributed by atoms with Gasteiger partial charge in [-0.1, -0.05) is 50.6 Å². The number of hydrogen-bond donors (Lipinski definition) is 4. The fourth-order valence-corrected chi connectivity index (χ4v) is 5.05. The minimum atomic E-state index is -0.719. The number of nitrogens with two attached hydrogens (primary N) is 1. The smallest absolute Gasteiger partial charge is 0.328 e. The van der Waals surface area contributed by atoms with Crippen molar-refractivity contribution in [2.75, 3.05) is 24.7 Å². The molecule has 1 fully saturated rings. The van der Waals surface area contributed by atoms with Crippen LogP contribution in [0, 0.1) is 5.92 Å². The lowest BCUT2D eigenvalue weighted by Crippen LogP contribution is -2.51. The van der Waals surface area contributed by atoms with E-state index >= 15 is 0 Å². The topological polar surface area (TPSA) is 93.4 Å². The molecule has 0 aliphatic carbocycles. The summed E-state index contributed by atoms with van der Waals surface area (Å²) in [4.78, 5) is 25.2. The standard InChI is InChI=1S/C23H37N3O3S2/c1-4-16(2)20(25-13-18(24)14-30)15-31-23(3,12-17-8-6-5-7-9-17)22(28)26-19-10-11-29-21(19)27/h5-9,16,18-20,25,30H,4,10-15,24H2,1-3H3,(H,26,28)/t16-,18?,19+,20?,23?/m0/s1. The third-order valence-electron chi connectivity index (χ3n) is 5.89. The van der Waals surface area contributed by atoms with Crippen LogP contribution in [0.25, 0.3) is 0 Å². The predicted molar refractivity (Wildman–Crippen MR) is 132 cm³/mol. The normalized spacial score (nSPS) is 21.1. The van der Waals surface area contributed by atoms with Gasteiger partial charge in [-0.05, 0) is 24.8 Å². The Bertz CT molecular complexity index is 707. The molecule has 1 heterocycles. The van der Waals surface area contributed by atoms with E-state index in [4.69, 9.17) is 10.5 Å². The zero-order valence-electron chi connectivity index (χ0n) is 18.8. The molecule has 1 aliphatic rings. The number of thioether (sulfide) groups is 1. The Hall–Kier alpha value is -1.22. The van der Waals surface area contributed by atoms with Crippen LogP contribution in [-0.2, 0) is 20.7 Å². The van der Waals surface area contributed by atoms with Crippen LogP contribution >= 0.6 is 24.4 Å². The van der Waals surface area contributed by atoms with Crippen molar-refractivity contribution in [3.8, 4) is 0 Å². The lowest BCUT2D eigenvalue weighted by Gasteiger charge is -2.33. The minimum Gasteiger partial charge on any atom is -0.464 e. The Morgan fingerprint density at radius 2 is 2.10 bits per heavy atom. The second kappa shape index (κ2) is 12.7. The summed E-state index contributed by atoms with van der Waals surface area (Å²) in [7, 11) is 0. The highest BCUT2D eigenvalue weighted by atomic mass is 32.2. The van der Waals surface area contributed by atoms with E-state index in [0.717, 1.165) is 17.7 Å². The van der Waals surface area contributed by atoms with Crippen molar-refractivity contribution in [3.63, 3.8) is 0 Å². The first-order valence-electron chi connectivity index (χ1n) is 11.0. The first-order chi connectivity index (χ1) is 14.8. The monoisotopic (exact) mass is 467 g/mol. The van der Waals surface area contributed by atoms with Crippen molar-refractivity contribution in [2.24, 2.45) is 11.7 Å². The van der Waals surface area contributed by atoms with E-state index in [1.165, 1.54) is 0 Å². The average Bonchev–Trinajstić information content (AvgIpc) is 3.17. The number of esters is 1. The average molecular weight is 468 g/mol. The van der Waals surface area contributed by atoms with Gasteiger partial charge in [0.1, 0.15) is 6.04 Å². The van der Waals surface area contributed by atoms with Crippen LogP contribution in [0.1, 0.15) is 39.2 Å². The number of thiol groups is 1. The number of rotatable bonds is 13. The second-order valence-electron chi connectivity index (χ2n) is 8.53. The zero-order chi connectivity index (χ0) is 22.9. The highest BCUT2D eigenvalue weighted by molar-refractivity contribution is 8.01. The number of nitrogens with one attached hydrogen (secondary N) is 2. The van der Waals surface area contributed by atoms with Gasteiger partial charge in [0.25, 0.3) is 0 Å². The van der Waals surface area contributed by atoms with Crippen molar-refractivity contribution in [1.29, 1.82) is 0 Å². The van der Waals surface area contributed by atoms with Crippen LogP contribution in [-0.4, -0.2) is 59.4 Å². The van der Waals surface area contributed by atoms with Gasteiger partial charge in [-0.3, -0.25) is 4.79 Å². The largest absolute Gasteiger partial charge is 0.464 e. The zero-order valence-corrected chi connectivity index (χ0v) is 20.5. The highest BCUT2D eigenvalue weighted by Crippen LogP contribution is 2.32. The van der Waals surface area contributed by atoms with Gasteiger partial charge in [0.2, 0.25) is 5.91 Å². The maximum atomic E-state index is 13.3. The summed E-state index contributed by atoms with van der Waals surface area (Å²) in [6.45, 7) is 7.40. The molecule has 0 aromatic heterocycles. The fraction of sp³-hybridized carbons (Fsp3) is 0.652. The molecule has 3 unspecified atom stereocenters. The SMILES string of the molecule is CC[C@H](C)C(CSC(C)(Cc1ccccc1)C(=O)N[C@@H]1CCOC1=O)NCC(N)CS. The van der Waals surface area contributed by atoms with Crippen molar-refractivity contribution < 1.29 is 14.3 Å². The lowest BCUT2D eigenvalue weighted by atomic mass is 9.98. The highest BCUT2D eigenvalue weighted by Gasteiger charge is 2.39. The predicted octanol–water partition coefficient (Wildman–Crippen LogP) is 2.41. The van der Waals surface area contributed by atoms with Crippen molar-refractivity contribution in [2.45, 2.75) is 62.9 Å². The maximum absolute atomic E-state index is 13.3. The van der Waals surface area contributed by atoms with Crippen LogP contribution in [0.5, 0.6) is 0 Å². The summed E-state index contributed by atoms with van der Waals surface area (Å²) in [5.41, 5.74) is 7.14. The third-order valence-corrected chi connectivity index (χ3v) is 7.86. The number of ether oxygens (including phenoxy) is 1. The Morgan fingerprint density at radius 1 is 1.39 bits per heavy atom. The first kappa shape index (κ1) is 26.0. The summed E-state index contributed by atoms with van der Waals surface area (Å²) in [5.74, 6) is 1.35. The number of carbonyl (C=O) groups is 2. The van der Waals surface area contributed by atoms with Crippen LogP contribution in [0.3, 0.4) is 0 Å². The second-order valence-corrected chi connectivity index (χ2v) is 10.4.